The van der Waals surface area contributed by atoms with E-state index < -0.39 is 20.6 Å². The van der Waals surface area contributed by atoms with Crippen molar-refractivity contribution in [1.29, 1.82) is 0 Å². The number of nitrogens with two attached hydrogens (primary N) is 2. The van der Waals surface area contributed by atoms with Crippen LogP contribution in [0.5, 0.6) is 0 Å². The summed E-state index contributed by atoms with van der Waals surface area (Å²) < 4.78 is 24.1. The highest BCUT2D eigenvalue weighted by Crippen LogP contribution is 2.41. The molecule has 82 valence electrons. The fraction of sp³-hybridized carbons (Fsp3) is 0.400. The molecule has 1 aliphatic carbocycles. The number of rotatable bonds is 3. The summed E-state index contributed by atoms with van der Waals surface area (Å²) in [7, 11) is -3.29. The number of hydrogen-bond donors (Lipinski definition) is 2. The fourth-order valence-electron chi connectivity index (χ4n) is 1.69. The van der Waals surface area contributed by atoms with Crippen molar-refractivity contribution in [2.24, 2.45) is 11.5 Å². The van der Waals surface area contributed by atoms with Crippen molar-refractivity contribution in [3.63, 3.8) is 0 Å². The van der Waals surface area contributed by atoms with Crippen molar-refractivity contribution >= 4 is 9.84 Å². The second-order valence-electron chi connectivity index (χ2n) is 3.99. The van der Waals surface area contributed by atoms with Crippen LogP contribution in [0.3, 0.4) is 0 Å². The van der Waals surface area contributed by atoms with Gasteiger partial charge in [0.2, 0.25) is 0 Å². The van der Waals surface area contributed by atoms with Crippen LogP contribution in [0.2, 0.25) is 0 Å². The van der Waals surface area contributed by atoms with E-state index in [1.807, 2.05) is 0 Å². The Bertz CT molecular complexity index is 458. The lowest BCUT2D eigenvalue weighted by Crippen LogP contribution is -2.38. The van der Waals surface area contributed by atoms with Crippen LogP contribution < -0.4 is 11.5 Å². The molecule has 0 radical (unpaired) electrons. The van der Waals surface area contributed by atoms with Crippen molar-refractivity contribution in [1.82, 2.24) is 0 Å². The SMILES string of the molecule is NC[C@@]1(N)C[C@H]1S(=O)(=O)c1ccccc1. The molecule has 0 unspecified atom stereocenters. The average Bonchev–Trinajstić information content (AvgIpc) is 2.94. The van der Waals surface area contributed by atoms with Gasteiger partial charge in [-0.1, -0.05) is 18.2 Å². The Labute approximate surface area is 89.2 Å². The third kappa shape index (κ3) is 1.67. The highest BCUT2D eigenvalue weighted by molar-refractivity contribution is 7.92. The molecule has 1 saturated carbocycles. The molecule has 0 saturated heterocycles. The fourth-order valence-corrected chi connectivity index (χ4v) is 3.80. The molecule has 1 aromatic rings. The second-order valence-corrected chi connectivity index (χ2v) is 6.12. The Balaban J connectivity index is 2.32. The first-order valence-electron chi connectivity index (χ1n) is 4.78. The van der Waals surface area contributed by atoms with Gasteiger partial charge in [-0.25, -0.2) is 8.42 Å². The molecule has 4 nitrogen and oxygen atoms in total. The van der Waals surface area contributed by atoms with Gasteiger partial charge in [-0.2, -0.15) is 0 Å². The maximum Gasteiger partial charge on any atom is 0.183 e. The molecule has 0 aromatic heterocycles. The van der Waals surface area contributed by atoms with Gasteiger partial charge in [0.05, 0.1) is 10.1 Å². The first-order valence-corrected chi connectivity index (χ1v) is 6.33. The van der Waals surface area contributed by atoms with E-state index in [9.17, 15) is 8.42 Å². The molecular formula is C10H14N2O2S. The van der Waals surface area contributed by atoms with E-state index in [0.717, 1.165) is 0 Å². The van der Waals surface area contributed by atoms with E-state index in [-0.39, 0.29) is 6.54 Å². The van der Waals surface area contributed by atoms with E-state index in [2.05, 4.69) is 0 Å². The van der Waals surface area contributed by atoms with Crippen LogP contribution in [0.4, 0.5) is 0 Å². The lowest BCUT2D eigenvalue weighted by Gasteiger charge is -2.08. The first-order chi connectivity index (χ1) is 7.00. The maximum atomic E-state index is 12.0. The van der Waals surface area contributed by atoms with Crippen molar-refractivity contribution in [2.45, 2.75) is 22.1 Å². The minimum absolute atomic E-state index is 0.212. The van der Waals surface area contributed by atoms with Crippen LogP contribution in [0.15, 0.2) is 35.2 Å². The summed E-state index contributed by atoms with van der Waals surface area (Å²) in [6, 6.07) is 8.37. The van der Waals surface area contributed by atoms with Gasteiger partial charge < -0.3 is 11.5 Å². The molecular weight excluding hydrogens is 212 g/mol. The predicted molar refractivity (Wildman–Crippen MR) is 58.0 cm³/mol. The summed E-state index contributed by atoms with van der Waals surface area (Å²) in [6.07, 6.45) is 0.459. The minimum Gasteiger partial charge on any atom is -0.329 e. The van der Waals surface area contributed by atoms with Crippen molar-refractivity contribution < 1.29 is 8.42 Å². The van der Waals surface area contributed by atoms with Gasteiger partial charge in [-0.3, -0.25) is 0 Å². The Morgan fingerprint density at radius 2 is 1.93 bits per heavy atom. The predicted octanol–water partition coefficient (Wildman–Crippen LogP) is -0.111. The molecule has 0 aliphatic heterocycles. The number of benzene rings is 1. The van der Waals surface area contributed by atoms with Crippen molar-refractivity contribution in [3.8, 4) is 0 Å². The Hall–Kier alpha value is -0.910. The van der Waals surface area contributed by atoms with Gasteiger partial charge in [0.1, 0.15) is 0 Å². The highest BCUT2D eigenvalue weighted by Gasteiger charge is 2.58. The second kappa shape index (κ2) is 3.30. The Kier molecular flexibility index (Phi) is 2.33. The zero-order chi connectivity index (χ0) is 11.1. The zero-order valence-corrected chi connectivity index (χ0v) is 9.07. The molecule has 1 aromatic carbocycles. The monoisotopic (exact) mass is 226 g/mol. The summed E-state index contributed by atoms with van der Waals surface area (Å²) in [5.41, 5.74) is 10.5. The smallest absolute Gasteiger partial charge is 0.183 e. The first kappa shape index (κ1) is 10.6. The molecule has 0 heterocycles. The summed E-state index contributed by atoms with van der Waals surface area (Å²) in [4.78, 5) is 0.329. The van der Waals surface area contributed by atoms with E-state index >= 15 is 0 Å². The van der Waals surface area contributed by atoms with Crippen LogP contribution in [0.1, 0.15) is 6.42 Å². The summed E-state index contributed by atoms with van der Waals surface area (Å²) in [5, 5.41) is -0.516. The van der Waals surface area contributed by atoms with Crippen LogP contribution in [0, 0.1) is 0 Å². The van der Waals surface area contributed by atoms with Crippen molar-refractivity contribution in [3.05, 3.63) is 30.3 Å². The lowest BCUT2D eigenvalue weighted by molar-refractivity contribution is 0.586. The molecule has 5 heteroatoms. The van der Waals surface area contributed by atoms with E-state index in [0.29, 0.717) is 11.3 Å². The van der Waals surface area contributed by atoms with Crippen LogP contribution >= 0.6 is 0 Å². The third-order valence-corrected chi connectivity index (χ3v) is 5.19. The lowest BCUT2D eigenvalue weighted by atomic mass is 10.3. The Morgan fingerprint density at radius 3 is 2.40 bits per heavy atom. The quantitative estimate of drug-likeness (QED) is 0.753. The third-order valence-electron chi connectivity index (χ3n) is 2.87. The summed E-state index contributed by atoms with van der Waals surface area (Å²) in [6.45, 7) is 0.212. The standard InChI is InChI=1S/C10H14N2O2S/c11-7-10(12)6-9(10)15(13,14)8-4-2-1-3-5-8/h1-5,9H,6-7,11-12H2/t9-,10+/m1/s1. The Morgan fingerprint density at radius 1 is 1.33 bits per heavy atom. The molecule has 0 bridgehead atoms. The van der Waals surface area contributed by atoms with Crippen molar-refractivity contribution in [2.75, 3.05) is 6.54 Å². The van der Waals surface area contributed by atoms with Gasteiger partial charge in [-0.05, 0) is 18.6 Å². The molecule has 15 heavy (non-hydrogen) atoms. The van der Waals surface area contributed by atoms with Gasteiger partial charge >= 0.3 is 0 Å². The van der Waals surface area contributed by atoms with Gasteiger partial charge in [0, 0.05) is 12.1 Å². The number of hydrogen-bond acceptors (Lipinski definition) is 4. The molecule has 1 aliphatic rings. The van der Waals surface area contributed by atoms with E-state index in [1.165, 1.54) is 0 Å². The molecule has 0 spiro atoms. The van der Waals surface area contributed by atoms with Gasteiger partial charge in [-0.15, -0.1) is 0 Å². The zero-order valence-electron chi connectivity index (χ0n) is 8.26. The molecule has 1 fully saturated rings. The normalized spacial score (nSPS) is 30.1. The van der Waals surface area contributed by atoms with Crippen LogP contribution in [-0.2, 0) is 9.84 Å². The topological polar surface area (TPSA) is 86.2 Å². The van der Waals surface area contributed by atoms with Crippen LogP contribution in [0.25, 0.3) is 0 Å². The van der Waals surface area contributed by atoms with Gasteiger partial charge in [0.15, 0.2) is 9.84 Å². The maximum absolute atomic E-state index is 12.0. The molecule has 0 amide bonds. The average molecular weight is 226 g/mol. The van der Waals surface area contributed by atoms with Crippen LogP contribution in [-0.4, -0.2) is 25.8 Å². The van der Waals surface area contributed by atoms with Gasteiger partial charge in [0.25, 0.3) is 0 Å². The van der Waals surface area contributed by atoms with E-state index in [1.54, 1.807) is 30.3 Å². The highest BCUT2D eigenvalue weighted by atomic mass is 32.2. The van der Waals surface area contributed by atoms with E-state index in [4.69, 9.17) is 11.5 Å². The molecule has 4 N–H and O–H groups in total. The summed E-state index contributed by atoms with van der Waals surface area (Å²) in [5.74, 6) is 0. The largest absolute Gasteiger partial charge is 0.329 e. The minimum atomic E-state index is -3.29. The molecule has 2 rings (SSSR count). The molecule has 2 atom stereocenters. The summed E-state index contributed by atoms with van der Waals surface area (Å²) >= 11 is 0. The number of sulfone groups is 1.